The van der Waals surface area contributed by atoms with Crippen LogP contribution >= 0.6 is 11.6 Å². The SMILES string of the molecule is COCCN(C)c1ncc(C(=O)N[C@@H]2CCCC[C@H]2O)cc1-c1ccc(Cl)cc1. The zero-order chi connectivity index (χ0) is 20.8. The Morgan fingerprint density at radius 1 is 1.31 bits per heavy atom. The number of methoxy groups -OCH3 is 1. The maximum absolute atomic E-state index is 12.8. The quantitative estimate of drug-likeness (QED) is 0.721. The van der Waals surface area contributed by atoms with Crippen molar-refractivity contribution in [2.45, 2.75) is 37.8 Å². The Morgan fingerprint density at radius 2 is 2.03 bits per heavy atom. The van der Waals surface area contributed by atoms with E-state index in [2.05, 4.69) is 10.3 Å². The van der Waals surface area contributed by atoms with Crippen LogP contribution in [-0.4, -0.2) is 55.5 Å². The van der Waals surface area contributed by atoms with Gasteiger partial charge in [0.05, 0.1) is 24.3 Å². The summed E-state index contributed by atoms with van der Waals surface area (Å²) in [4.78, 5) is 19.4. The van der Waals surface area contributed by atoms with Gasteiger partial charge in [0, 0.05) is 37.5 Å². The summed E-state index contributed by atoms with van der Waals surface area (Å²) >= 11 is 6.04. The van der Waals surface area contributed by atoms with Gasteiger partial charge in [-0.15, -0.1) is 0 Å². The van der Waals surface area contributed by atoms with Gasteiger partial charge < -0.3 is 20.1 Å². The van der Waals surface area contributed by atoms with E-state index in [0.717, 1.165) is 42.6 Å². The lowest BCUT2D eigenvalue weighted by Gasteiger charge is -2.28. The fraction of sp³-hybridized carbons (Fsp3) is 0.455. The Balaban J connectivity index is 1.89. The number of benzene rings is 1. The van der Waals surface area contributed by atoms with Crippen molar-refractivity contribution in [2.75, 3.05) is 32.2 Å². The summed E-state index contributed by atoms with van der Waals surface area (Å²) in [6.07, 6.45) is 4.63. The van der Waals surface area contributed by atoms with Gasteiger partial charge in [-0.25, -0.2) is 4.98 Å². The second-order valence-corrected chi connectivity index (χ2v) is 7.88. The van der Waals surface area contributed by atoms with Crippen molar-refractivity contribution in [3.05, 3.63) is 47.1 Å². The average Bonchev–Trinajstić information content (AvgIpc) is 2.73. The monoisotopic (exact) mass is 417 g/mol. The van der Waals surface area contributed by atoms with Crippen molar-refractivity contribution in [2.24, 2.45) is 0 Å². The van der Waals surface area contributed by atoms with E-state index in [-0.39, 0.29) is 11.9 Å². The molecule has 1 aliphatic rings. The van der Waals surface area contributed by atoms with Gasteiger partial charge >= 0.3 is 0 Å². The number of amides is 1. The van der Waals surface area contributed by atoms with Crippen LogP contribution in [0.5, 0.6) is 0 Å². The van der Waals surface area contributed by atoms with E-state index in [1.807, 2.05) is 42.3 Å². The normalized spacial score (nSPS) is 19.0. The van der Waals surface area contributed by atoms with Crippen LogP contribution in [0.1, 0.15) is 36.0 Å². The number of hydrogen-bond donors (Lipinski definition) is 2. The molecule has 0 bridgehead atoms. The first-order valence-electron chi connectivity index (χ1n) is 9.94. The number of aromatic nitrogens is 1. The number of aliphatic hydroxyl groups is 1. The maximum atomic E-state index is 12.8. The highest BCUT2D eigenvalue weighted by molar-refractivity contribution is 6.30. The zero-order valence-corrected chi connectivity index (χ0v) is 17.7. The van der Waals surface area contributed by atoms with E-state index in [1.165, 1.54) is 0 Å². The molecule has 2 atom stereocenters. The summed E-state index contributed by atoms with van der Waals surface area (Å²) in [5.41, 5.74) is 2.24. The number of rotatable bonds is 7. The standard InChI is InChI=1S/C22H28ClN3O3/c1-26(11-12-29-2)21-18(15-7-9-17(23)10-8-15)13-16(14-24-21)22(28)25-19-5-3-4-6-20(19)27/h7-10,13-14,19-20,27H,3-6,11-12H2,1-2H3,(H,25,28)/t19-,20-/m1/s1. The highest BCUT2D eigenvalue weighted by Crippen LogP contribution is 2.30. The molecule has 0 saturated heterocycles. The van der Waals surface area contributed by atoms with E-state index < -0.39 is 6.10 Å². The van der Waals surface area contributed by atoms with Crippen LogP contribution in [0.2, 0.25) is 5.02 Å². The van der Waals surface area contributed by atoms with Crippen LogP contribution < -0.4 is 10.2 Å². The van der Waals surface area contributed by atoms with Gasteiger partial charge in [0.2, 0.25) is 0 Å². The molecule has 3 rings (SSSR count). The van der Waals surface area contributed by atoms with Crippen molar-refractivity contribution in [3.63, 3.8) is 0 Å². The number of nitrogens with zero attached hydrogens (tertiary/aromatic N) is 2. The molecule has 1 saturated carbocycles. The molecule has 6 nitrogen and oxygen atoms in total. The lowest BCUT2D eigenvalue weighted by atomic mass is 9.92. The summed E-state index contributed by atoms with van der Waals surface area (Å²) < 4.78 is 5.18. The second-order valence-electron chi connectivity index (χ2n) is 7.45. The van der Waals surface area contributed by atoms with Crippen molar-refractivity contribution in [1.29, 1.82) is 0 Å². The fourth-order valence-corrected chi connectivity index (χ4v) is 3.72. The lowest BCUT2D eigenvalue weighted by Crippen LogP contribution is -2.45. The van der Waals surface area contributed by atoms with Crippen LogP contribution in [0.4, 0.5) is 5.82 Å². The number of likely N-dealkylation sites (N-methyl/N-ethyl adjacent to an activating group) is 1. The predicted molar refractivity (Wildman–Crippen MR) is 116 cm³/mol. The molecule has 0 radical (unpaired) electrons. The number of carbonyl (C=O) groups is 1. The van der Waals surface area contributed by atoms with E-state index >= 15 is 0 Å². The summed E-state index contributed by atoms with van der Waals surface area (Å²) in [5.74, 6) is 0.545. The van der Waals surface area contributed by atoms with Gasteiger partial charge in [-0.2, -0.15) is 0 Å². The molecule has 1 aliphatic carbocycles. The molecule has 1 amide bonds. The van der Waals surface area contributed by atoms with Crippen LogP contribution in [0.25, 0.3) is 11.1 Å². The molecule has 0 spiro atoms. The lowest BCUT2D eigenvalue weighted by molar-refractivity contribution is 0.0717. The first-order chi connectivity index (χ1) is 14.0. The number of carbonyl (C=O) groups excluding carboxylic acids is 1. The minimum atomic E-state index is -0.490. The molecule has 1 heterocycles. The number of halogens is 1. The van der Waals surface area contributed by atoms with E-state index in [4.69, 9.17) is 16.3 Å². The Hall–Kier alpha value is -2.15. The molecule has 7 heteroatoms. The number of aliphatic hydroxyl groups excluding tert-OH is 1. The van der Waals surface area contributed by atoms with Crippen molar-refractivity contribution in [1.82, 2.24) is 10.3 Å². The molecule has 2 aromatic rings. The number of pyridine rings is 1. The maximum Gasteiger partial charge on any atom is 0.253 e. The zero-order valence-electron chi connectivity index (χ0n) is 16.9. The van der Waals surface area contributed by atoms with Crippen molar-refractivity contribution >= 4 is 23.3 Å². The minimum absolute atomic E-state index is 0.209. The van der Waals surface area contributed by atoms with Gasteiger partial charge in [-0.1, -0.05) is 36.6 Å². The van der Waals surface area contributed by atoms with Crippen molar-refractivity contribution in [3.8, 4) is 11.1 Å². The smallest absolute Gasteiger partial charge is 0.253 e. The fourth-order valence-electron chi connectivity index (χ4n) is 3.59. The molecular weight excluding hydrogens is 390 g/mol. The highest BCUT2D eigenvalue weighted by atomic mass is 35.5. The van der Waals surface area contributed by atoms with Gasteiger partial charge in [0.25, 0.3) is 5.91 Å². The molecule has 1 fully saturated rings. The van der Waals surface area contributed by atoms with Gasteiger partial charge in [-0.05, 0) is 36.6 Å². The topological polar surface area (TPSA) is 74.7 Å². The second kappa shape index (κ2) is 10.1. The molecule has 1 aromatic carbocycles. The third kappa shape index (κ3) is 5.47. The first kappa shape index (κ1) is 21.6. The highest BCUT2D eigenvalue weighted by Gasteiger charge is 2.25. The number of nitrogens with one attached hydrogen (secondary N) is 1. The number of ether oxygens (including phenoxy) is 1. The van der Waals surface area contributed by atoms with E-state index in [1.54, 1.807) is 13.3 Å². The minimum Gasteiger partial charge on any atom is -0.391 e. The molecule has 1 aromatic heterocycles. The Kier molecular flexibility index (Phi) is 7.47. The summed E-state index contributed by atoms with van der Waals surface area (Å²) in [6, 6.07) is 9.11. The third-order valence-electron chi connectivity index (χ3n) is 5.32. The summed E-state index contributed by atoms with van der Waals surface area (Å²) in [7, 11) is 3.60. The average molecular weight is 418 g/mol. The van der Waals surface area contributed by atoms with E-state index in [0.29, 0.717) is 23.7 Å². The Morgan fingerprint density at radius 3 is 2.72 bits per heavy atom. The molecular formula is C22H28ClN3O3. The van der Waals surface area contributed by atoms with Crippen LogP contribution in [0.3, 0.4) is 0 Å². The number of hydrogen-bond acceptors (Lipinski definition) is 5. The largest absolute Gasteiger partial charge is 0.391 e. The van der Waals surface area contributed by atoms with Crippen LogP contribution in [0.15, 0.2) is 36.5 Å². The molecule has 0 aliphatic heterocycles. The summed E-state index contributed by atoms with van der Waals surface area (Å²) in [6.45, 7) is 1.24. The third-order valence-corrected chi connectivity index (χ3v) is 5.57. The molecule has 0 unspecified atom stereocenters. The van der Waals surface area contributed by atoms with Crippen LogP contribution in [0, 0.1) is 0 Å². The molecule has 2 N–H and O–H groups in total. The van der Waals surface area contributed by atoms with E-state index in [9.17, 15) is 9.90 Å². The van der Waals surface area contributed by atoms with Crippen molar-refractivity contribution < 1.29 is 14.6 Å². The van der Waals surface area contributed by atoms with Gasteiger partial charge in [-0.3, -0.25) is 4.79 Å². The first-order valence-corrected chi connectivity index (χ1v) is 10.3. The van der Waals surface area contributed by atoms with Crippen LogP contribution in [-0.2, 0) is 4.74 Å². The number of anilines is 1. The summed E-state index contributed by atoms with van der Waals surface area (Å²) in [5, 5.41) is 13.8. The Labute approximate surface area is 176 Å². The Bertz CT molecular complexity index is 829. The molecule has 156 valence electrons. The van der Waals surface area contributed by atoms with Gasteiger partial charge in [0.1, 0.15) is 5.82 Å². The van der Waals surface area contributed by atoms with Gasteiger partial charge in [0.15, 0.2) is 0 Å². The predicted octanol–water partition coefficient (Wildman–Crippen LogP) is 3.52. The molecule has 29 heavy (non-hydrogen) atoms.